The molecule has 5 rings (SSSR count). The first-order valence-electron chi connectivity index (χ1n) is 10.2. The molecule has 30 heavy (non-hydrogen) atoms. The van der Waals surface area contributed by atoms with E-state index in [-0.39, 0.29) is 12.5 Å². The summed E-state index contributed by atoms with van der Waals surface area (Å²) in [5, 5.41) is 8.08. The second kappa shape index (κ2) is 8.13. The van der Waals surface area contributed by atoms with Gasteiger partial charge in [-0.25, -0.2) is 0 Å². The molecule has 1 amide bonds. The van der Waals surface area contributed by atoms with Gasteiger partial charge < -0.3 is 10.1 Å². The van der Waals surface area contributed by atoms with Gasteiger partial charge in [-0.2, -0.15) is 5.10 Å². The second-order valence-corrected chi connectivity index (χ2v) is 8.19. The highest BCUT2D eigenvalue weighted by molar-refractivity contribution is 6.31. The summed E-state index contributed by atoms with van der Waals surface area (Å²) in [5.74, 6) is 0.716. The second-order valence-electron chi connectivity index (χ2n) is 7.75. The molecule has 3 heterocycles. The maximum atomic E-state index is 12.6. The standard InChI is InChI=1S/C23H23ClN4O2/c24-19-5-6-21-20(11-19)23-18(15-30-21)12-26-28(23)14-22(29)25-8-10-27-9-7-16-3-1-2-4-17(16)13-27/h1-6,11-12H,7-10,13-15H2,(H,25,29). The summed E-state index contributed by atoms with van der Waals surface area (Å²) in [6.45, 7) is 4.04. The molecule has 0 saturated heterocycles. The molecule has 1 aromatic heterocycles. The molecule has 2 aromatic carbocycles. The monoisotopic (exact) mass is 422 g/mol. The lowest BCUT2D eigenvalue weighted by atomic mass is 10.00. The first-order valence-corrected chi connectivity index (χ1v) is 10.6. The van der Waals surface area contributed by atoms with E-state index in [1.807, 2.05) is 12.1 Å². The minimum Gasteiger partial charge on any atom is -0.488 e. The van der Waals surface area contributed by atoms with Crippen LogP contribution in [-0.4, -0.2) is 40.2 Å². The molecule has 0 bridgehead atoms. The summed E-state index contributed by atoms with van der Waals surface area (Å²) in [6, 6.07) is 14.1. The van der Waals surface area contributed by atoms with Crippen molar-refractivity contribution >= 4 is 17.5 Å². The summed E-state index contributed by atoms with van der Waals surface area (Å²) in [4.78, 5) is 15.0. The molecule has 0 aliphatic carbocycles. The van der Waals surface area contributed by atoms with E-state index in [2.05, 4.69) is 39.6 Å². The summed E-state index contributed by atoms with van der Waals surface area (Å²) < 4.78 is 7.50. The van der Waals surface area contributed by atoms with Crippen LogP contribution in [0.15, 0.2) is 48.7 Å². The molecular formula is C23H23ClN4O2. The van der Waals surface area contributed by atoms with Gasteiger partial charge in [-0.15, -0.1) is 0 Å². The molecular weight excluding hydrogens is 400 g/mol. The van der Waals surface area contributed by atoms with Crippen LogP contribution in [0.1, 0.15) is 16.7 Å². The summed E-state index contributed by atoms with van der Waals surface area (Å²) in [7, 11) is 0. The molecule has 0 atom stereocenters. The van der Waals surface area contributed by atoms with Crippen LogP contribution in [0.25, 0.3) is 11.3 Å². The Bertz CT molecular complexity index is 1090. The van der Waals surface area contributed by atoms with E-state index in [4.69, 9.17) is 16.3 Å². The highest BCUT2D eigenvalue weighted by atomic mass is 35.5. The van der Waals surface area contributed by atoms with Crippen molar-refractivity contribution in [1.29, 1.82) is 0 Å². The van der Waals surface area contributed by atoms with Crippen molar-refractivity contribution in [2.75, 3.05) is 19.6 Å². The third kappa shape index (κ3) is 3.80. The number of carbonyl (C=O) groups excluding carboxylic acids is 1. The number of halogens is 1. The minimum absolute atomic E-state index is 0.0478. The van der Waals surface area contributed by atoms with Gasteiger partial charge in [0.15, 0.2) is 0 Å². The highest BCUT2D eigenvalue weighted by Crippen LogP contribution is 2.38. The van der Waals surface area contributed by atoms with E-state index < -0.39 is 0 Å². The van der Waals surface area contributed by atoms with Crippen LogP contribution in [0.4, 0.5) is 0 Å². The van der Waals surface area contributed by atoms with Crippen molar-refractivity contribution in [1.82, 2.24) is 20.0 Å². The number of nitrogens with one attached hydrogen (secondary N) is 1. The van der Waals surface area contributed by atoms with Gasteiger partial charge in [0, 0.05) is 42.3 Å². The van der Waals surface area contributed by atoms with Gasteiger partial charge in [0.05, 0.1) is 11.9 Å². The van der Waals surface area contributed by atoms with E-state index in [0.717, 1.165) is 48.6 Å². The SMILES string of the molecule is O=C(Cn1ncc2c1-c1cc(Cl)ccc1OC2)NCCN1CCc2ccccc2C1. The molecule has 3 aromatic rings. The summed E-state index contributed by atoms with van der Waals surface area (Å²) >= 11 is 6.17. The molecule has 0 radical (unpaired) electrons. The molecule has 154 valence electrons. The van der Waals surface area contributed by atoms with Crippen molar-refractivity contribution in [2.24, 2.45) is 0 Å². The predicted octanol–water partition coefficient (Wildman–Crippen LogP) is 3.27. The zero-order chi connectivity index (χ0) is 20.5. The van der Waals surface area contributed by atoms with Crippen LogP contribution < -0.4 is 10.1 Å². The predicted molar refractivity (Wildman–Crippen MR) is 115 cm³/mol. The number of nitrogens with zero attached hydrogens (tertiary/aromatic N) is 3. The Hall–Kier alpha value is -2.83. The fourth-order valence-electron chi connectivity index (χ4n) is 4.22. The number of carbonyl (C=O) groups is 1. The van der Waals surface area contributed by atoms with E-state index in [1.54, 1.807) is 16.9 Å². The molecule has 0 unspecified atom stereocenters. The number of hydrogen-bond donors (Lipinski definition) is 1. The van der Waals surface area contributed by atoms with Crippen LogP contribution in [-0.2, 0) is 30.9 Å². The number of benzene rings is 2. The third-order valence-electron chi connectivity index (χ3n) is 5.75. The lowest BCUT2D eigenvalue weighted by molar-refractivity contribution is -0.121. The maximum Gasteiger partial charge on any atom is 0.241 e. The van der Waals surface area contributed by atoms with Crippen molar-refractivity contribution in [3.63, 3.8) is 0 Å². The number of aromatic nitrogens is 2. The van der Waals surface area contributed by atoms with Crippen molar-refractivity contribution in [2.45, 2.75) is 26.1 Å². The molecule has 6 nitrogen and oxygen atoms in total. The van der Waals surface area contributed by atoms with Gasteiger partial charge >= 0.3 is 0 Å². The van der Waals surface area contributed by atoms with Crippen molar-refractivity contribution in [3.05, 3.63) is 70.4 Å². The van der Waals surface area contributed by atoms with Gasteiger partial charge in [0.2, 0.25) is 5.91 Å². The first-order chi connectivity index (χ1) is 14.7. The van der Waals surface area contributed by atoms with E-state index >= 15 is 0 Å². The van der Waals surface area contributed by atoms with Gasteiger partial charge in [-0.05, 0) is 35.7 Å². The molecule has 2 aliphatic heterocycles. The van der Waals surface area contributed by atoms with Crippen molar-refractivity contribution in [3.8, 4) is 17.0 Å². The smallest absolute Gasteiger partial charge is 0.241 e. The van der Waals surface area contributed by atoms with Crippen LogP contribution in [0.5, 0.6) is 5.75 Å². The number of fused-ring (bicyclic) bond motifs is 4. The lowest BCUT2D eigenvalue weighted by Crippen LogP contribution is -2.38. The van der Waals surface area contributed by atoms with E-state index in [9.17, 15) is 4.79 Å². The number of ether oxygens (including phenoxy) is 1. The average molecular weight is 423 g/mol. The van der Waals surface area contributed by atoms with Crippen LogP contribution in [0, 0.1) is 0 Å². The Labute approximate surface area is 180 Å². The van der Waals surface area contributed by atoms with Gasteiger partial charge in [0.1, 0.15) is 18.9 Å². The maximum absolute atomic E-state index is 12.6. The summed E-state index contributed by atoms with van der Waals surface area (Å²) in [5.41, 5.74) is 5.57. The number of hydrogen-bond acceptors (Lipinski definition) is 4. The average Bonchev–Trinajstić information content (AvgIpc) is 3.17. The Morgan fingerprint density at radius 1 is 1.17 bits per heavy atom. The quantitative estimate of drug-likeness (QED) is 0.685. The largest absolute Gasteiger partial charge is 0.488 e. The molecule has 2 aliphatic rings. The minimum atomic E-state index is -0.0478. The molecule has 7 heteroatoms. The Kier molecular flexibility index (Phi) is 5.19. The van der Waals surface area contributed by atoms with E-state index in [0.29, 0.717) is 18.2 Å². The Morgan fingerprint density at radius 2 is 2.03 bits per heavy atom. The molecule has 0 spiro atoms. The Balaban J connectivity index is 1.19. The molecule has 0 fully saturated rings. The Morgan fingerprint density at radius 3 is 2.93 bits per heavy atom. The molecule has 0 saturated carbocycles. The number of amides is 1. The van der Waals surface area contributed by atoms with E-state index in [1.165, 1.54) is 11.1 Å². The van der Waals surface area contributed by atoms with Crippen LogP contribution in [0.3, 0.4) is 0 Å². The topological polar surface area (TPSA) is 59.4 Å². The van der Waals surface area contributed by atoms with Crippen LogP contribution >= 0.6 is 11.6 Å². The third-order valence-corrected chi connectivity index (χ3v) is 5.98. The highest BCUT2D eigenvalue weighted by Gasteiger charge is 2.23. The number of rotatable bonds is 5. The zero-order valence-corrected chi connectivity index (χ0v) is 17.4. The zero-order valence-electron chi connectivity index (χ0n) is 16.6. The van der Waals surface area contributed by atoms with Gasteiger partial charge in [0.25, 0.3) is 0 Å². The fourth-order valence-corrected chi connectivity index (χ4v) is 4.39. The summed E-state index contributed by atoms with van der Waals surface area (Å²) in [6.07, 6.45) is 2.82. The van der Waals surface area contributed by atoms with Crippen molar-refractivity contribution < 1.29 is 9.53 Å². The van der Waals surface area contributed by atoms with Crippen LogP contribution in [0.2, 0.25) is 5.02 Å². The van der Waals surface area contributed by atoms with Gasteiger partial charge in [-0.1, -0.05) is 35.9 Å². The molecule has 1 N–H and O–H groups in total. The normalized spacial score (nSPS) is 15.0. The lowest BCUT2D eigenvalue weighted by Gasteiger charge is -2.28. The first kappa shape index (κ1) is 19.2. The van der Waals surface area contributed by atoms with Gasteiger partial charge in [-0.3, -0.25) is 14.4 Å². The fraction of sp³-hybridized carbons (Fsp3) is 0.304.